The second kappa shape index (κ2) is 11.1. The van der Waals surface area contributed by atoms with Crippen LogP contribution in [-0.4, -0.2) is 38.2 Å². The Labute approximate surface area is 216 Å². The third kappa shape index (κ3) is 6.06. The van der Waals surface area contributed by atoms with Gasteiger partial charge >= 0.3 is 0 Å². The lowest BCUT2D eigenvalue weighted by Gasteiger charge is -2.24. The molecule has 0 bridgehead atoms. The molecular weight excluding hydrogens is 498 g/mol. The van der Waals surface area contributed by atoms with E-state index in [2.05, 4.69) is 5.32 Å². The molecule has 0 radical (unpaired) electrons. The molecule has 3 aromatic rings. The van der Waals surface area contributed by atoms with Gasteiger partial charge in [-0.25, -0.2) is 8.42 Å². The van der Waals surface area contributed by atoms with Crippen LogP contribution in [0.4, 0.5) is 5.69 Å². The second-order valence-corrected chi connectivity index (χ2v) is 11.1. The Balaban J connectivity index is 1.52. The zero-order chi connectivity index (χ0) is 25.7. The van der Waals surface area contributed by atoms with Gasteiger partial charge in [-0.2, -0.15) is 0 Å². The second-order valence-electron chi connectivity index (χ2n) is 8.77. The van der Waals surface area contributed by atoms with E-state index < -0.39 is 22.5 Å². The van der Waals surface area contributed by atoms with Crippen LogP contribution >= 0.6 is 11.6 Å². The molecule has 0 saturated carbocycles. The first-order valence-electron chi connectivity index (χ1n) is 11.7. The largest absolute Gasteiger partial charge is 0.350 e. The lowest BCUT2D eigenvalue weighted by Crippen LogP contribution is -2.40. The predicted molar refractivity (Wildman–Crippen MR) is 140 cm³/mol. The molecule has 7 nitrogen and oxygen atoms in total. The molecule has 4 rings (SSSR count). The van der Waals surface area contributed by atoms with E-state index in [0.29, 0.717) is 23.7 Å². The zero-order valence-electron chi connectivity index (χ0n) is 20.0. The van der Waals surface area contributed by atoms with Gasteiger partial charge in [0.05, 0.1) is 10.6 Å². The third-order valence-corrected chi connectivity index (χ3v) is 8.14. The van der Waals surface area contributed by atoms with Gasteiger partial charge in [-0.15, -0.1) is 0 Å². The van der Waals surface area contributed by atoms with E-state index in [1.165, 1.54) is 18.2 Å². The highest BCUT2D eigenvalue weighted by Crippen LogP contribution is 2.26. The summed E-state index contributed by atoms with van der Waals surface area (Å²) in [4.78, 5) is 27.0. The number of hydrogen-bond acceptors (Lipinski definition) is 4. The van der Waals surface area contributed by atoms with Gasteiger partial charge in [0.15, 0.2) is 0 Å². The van der Waals surface area contributed by atoms with Crippen molar-refractivity contribution in [3.05, 3.63) is 94.5 Å². The minimum atomic E-state index is -4.03. The lowest BCUT2D eigenvalue weighted by molar-refractivity contribution is -0.128. The number of likely N-dealkylation sites (tertiary alicyclic amines) is 1. The number of halogens is 1. The Morgan fingerprint density at radius 1 is 1.03 bits per heavy atom. The molecular formula is C27H28ClN3O4S. The highest BCUT2D eigenvalue weighted by Gasteiger charge is 2.27. The summed E-state index contributed by atoms with van der Waals surface area (Å²) in [5.74, 6) is -0.329. The number of nitrogens with zero attached hydrogens (tertiary/aromatic N) is 2. The fourth-order valence-electron chi connectivity index (χ4n) is 4.12. The van der Waals surface area contributed by atoms with E-state index in [-0.39, 0.29) is 17.3 Å². The monoisotopic (exact) mass is 525 g/mol. The van der Waals surface area contributed by atoms with Crippen molar-refractivity contribution < 1.29 is 18.0 Å². The van der Waals surface area contributed by atoms with Crippen LogP contribution in [-0.2, 0) is 32.7 Å². The number of nitrogens with one attached hydrogen (secondary N) is 1. The van der Waals surface area contributed by atoms with Crippen LogP contribution in [0.5, 0.6) is 0 Å². The molecule has 1 saturated heterocycles. The number of aryl methyl sites for hydroxylation is 1. The van der Waals surface area contributed by atoms with Crippen LogP contribution in [0.25, 0.3) is 0 Å². The molecule has 0 aromatic heterocycles. The van der Waals surface area contributed by atoms with E-state index in [1.54, 1.807) is 30.3 Å². The van der Waals surface area contributed by atoms with Crippen molar-refractivity contribution >= 4 is 39.1 Å². The normalized spacial score (nSPS) is 13.6. The molecule has 36 heavy (non-hydrogen) atoms. The predicted octanol–water partition coefficient (Wildman–Crippen LogP) is 4.28. The summed E-state index contributed by atoms with van der Waals surface area (Å²) in [6.45, 7) is 2.89. The minimum absolute atomic E-state index is 0.0847. The molecule has 3 aromatic carbocycles. The van der Waals surface area contributed by atoms with Gasteiger partial charge in [0, 0.05) is 31.1 Å². The van der Waals surface area contributed by atoms with E-state index in [0.717, 1.165) is 34.0 Å². The van der Waals surface area contributed by atoms with Crippen LogP contribution in [0.15, 0.2) is 77.7 Å². The Kier molecular flexibility index (Phi) is 7.96. The molecule has 188 valence electrons. The maximum Gasteiger partial charge on any atom is 0.264 e. The first-order chi connectivity index (χ1) is 17.2. The average Bonchev–Trinajstić information content (AvgIpc) is 3.26. The molecule has 1 heterocycles. The van der Waals surface area contributed by atoms with Gasteiger partial charge in [0.25, 0.3) is 10.0 Å². The number of benzene rings is 3. The third-order valence-electron chi connectivity index (χ3n) is 6.12. The summed E-state index contributed by atoms with van der Waals surface area (Å²) < 4.78 is 28.1. The SMILES string of the molecule is Cc1ccc(S(=O)(=O)N(CC(=O)NCc2ccccc2CN2CCCC2=O)c2cccc(Cl)c2)cc1. The van der Waals surface area contributed by atoms with Gasteiger partial charge < -0.3 is 10.2 Å². The van der Waals surface area contributed by atoms with Crippen LogP contribution in [0.2, 0.25) is 5.02 Å². The highest BCUT2D eigenvalue weighted by atomic mass is 35.5. The summed E-state index contributed by atoms with van der Waals surface area (Å²) in [5.41, 5.74) is 3.05. The van der Waals surface area contributed by atoms with Crippen LogP contribution in [0.3, 0.4) is 0 Å². The molecule has 1 N–H and O–H groups in total. The van der Waals surface area contributed by atoms with Crippen molar-refractivity contribution in [1.82, 2.24) is 10.2 Å². The van der Waals surface area contributed by atoms with Gasteiger partial charge in [-0.05, 0) is 54.8 Å². The topological polar surface area (TPSA) is 86.8 Å². The van der Waals surface area contributed by atoms with Crippen molar-refractivity contribution in [2.24, 2.45) is 0 Å². The standard InChI is InChI=1S/C27H28ClN3O4S/c1-20-11-13-25(14-12-20)36(34,35)31(24-9-4-8-23(28)16-24)19-26(32)29-17-21-6-2-3-7-22(21)18-30-15-5-10-27(30)33/h2-4,6-9,11-14,16H,5,10,15,17-19H2,1H3,(H,29,32). The van der Waals surface area contributed by atoms with E-state index in [1.807, 2.05) is 36.1 Å². The minimum Gasteiger partial charge on any atom is -0.350 e. The van der Waals surface area contributed by atoms with Crippen LogP contribution < -0.4 is 9.62 Å². The molecule has 9 heteroatoms. The molecule has 1 aliphatic rings. The Morgan fingerprint density at radius 2 is 1.75 bits per heavy atom. The number of carbonyl (C=O) groups excluding carboxylic acids is 2. The number of amides is 2. The van der Waals surface area contributed by atoms with Crippen molar-refractivity contribution in [2.45, 2.75) is 37.8 Å². The van der Waals surface area contributed by atoms with Crippen LogP contribution in [0, 0.1) is 6.92 Å². The average molecular weight is 526 g/mol. The zero-order valence-corrected chi connectivity index (χ0v) is 21.6. The first-order valence-corrected chi connectivity index (χ1v) is 13.5. The van der Waals surface area contributed by atoms with Crippen molar-refractivity contribution in [1.29, 1.82) is 0 Å². The van der Waals surface area contributed by atoms with Crippen molar-refractivity contribution in [2.75, 3.05) is 17.4 Å². The molecule has 1 fully saturated rings. The quantitative estimate of drug-likeness (QED) is 0.451. The summed E-state index contributed by atoms with van der Waals surface area (Å²) in [6.07, 6.45) is 1.42. The number of sulfonamides is 1. The van der Waals surface area contributed by atoms with Crippen molar-refractivity contribution in [3.63, 3.8) is 0 Å². The number of rotatable bonds is 9. The summed E-state index contributed by atoms with van der Waals surface area (Å²) in [7, 11) is -4.03. The summed E-state index contributed by atoms with van der Waals surface area (Å²) in [6, 6.07) is 20.5. The Hall–Kier alpha value is -3.36. The molecule has 0 unspecified atom stereocenters. The highest BCUT2D eigenvalue weighted by molar-refractivity contribution is 7.92. The maximum absolute atomic E-state index is 13.5. The molecule has 0 aliphatic carbocycles. The fraction of sp³-hybridized carbons (Fsp3) is 0.259. The van der Waals surface area contributed by atoms with Crippen LogP contribution in [0.1, 0.15) is 29.5 Å². The smallest absolute Gasteiger partial charge is 0.264 e. The van der Waals surface area contributed by atoms with E-state index >= 15 is 0 Å². The fourth-order valence-corrected chi connectivity index (χ4v) is 5.72. The van der Waals surface area contributed by atoms with Gasteiger partial charge in [0.2, 0.25) is 11.8 Å². The van der Waals surface area contributed by atoms with E-state index in [9.17, 15) is 18.0 Å². The summed E-state index contributed by atoms with van der Waals surface area (Å²) >= 11 is 6.13. The molecule has 1 aliphatic heterocycles. The van der Waals surface area contributed by atoms with Gasteiger partial charge in [0.1, 0.15) is 6.54 Å². The Bertz CT molecular complexity index is 1360. The number of hydrogen-bond donors (Lipinski definition) is 1. The number of anilines is 1. The maximum atomic E-state index is 13.5. The molecule has 2 amide bonds. The van der Waals surface area contributed by atoms with E-state index in [4.69, 9.17) is 11.6 Å². The molecule has 0 spiro atoms. The summed E-state index contributed by atoms with van der Waals surface area (Å²) in [5, 5.41) is 3.20. The Morgan fingerprint density at radius 3 is 2.42 bits per heavy atom. The molecule has 0 atom stereocenters. The first kappa shape index (κ1) is 25.7. The van der Waals surface area contributed by atoms with Gasteiger partial charge in [-0.3, -0.25) is 13.9 Å². The van der Waals surface area contributed by atoms with Crippen molar-refractivity contribution in [3.8, 4) is 0 Å². The number of carbonyl (C=O) groups is 2. The lowest BCUT2D eigenvalue weighted by atomic mass is 10.1. The van der Waals surface area contributed by atoms with Gasteiger partial charge in [-0.1, -0.05) is 59.6 Å².